The molecule has 0 aliphatic heterocycles. The molecule has 0 saturated heterocycles. The van der Waals surface area contributed by atoms with E-state index in [-0.39, 0.29) is 5.11 Å². The fourth-order valence-corrected chi connectivity index (χ4v) is 1.80. The number of rotatable bonds is 1. The summed E-state index contributed by atoms with van der Waals surface area (Å²) in [4.78, 5) is 0. The van der Waals surface area contributed by atoms with E-state index in [9.17, 15) is 0 Å². The van der Waals surface area contributed by atoms with Crippen LogP contribution >= 0.6 is 12.2 Å². The van der Waals surface area contributed by atoms with Crippen molar-refractivity contribution in [3.8, 4) is 0 Å². The Hall–Kier alpha value is -0.640. The molecular formula is C10H19N3S. The molecule has 0 aromatic rings. The molecule has 0 bridgehead atoms. The van der Waals surface area contributed by atoms with E-state index in [0.29, 0.717) is 5.41 Å². The molecule has 4 heteroatoms. The van der Waals surface area contributed by atoms with Gasteiger partial charge in [-0.1, -0.05) is 13.8 Å². The van der Waals surface area contributed by atoms with Crippen LogP contribution in [0.1, 0.15) is 46.0 Å². The average molecular weight is 213 g/mol. The standard InChI is InChI=1S/C10H19N3S/c1-10(2)6-3-4-8(5-7-10)12-13-9(11)14/h3-7H2,1-2H3,(H3,11,13,14). The van der Waals surface area contributed by atoms with Gasteiger partial charge in [0.15, 0.2) is 5.11 Å². The van der Waals surface area contributed by atoms with Gasteiger partial charge >= 0.3 is 0 Å². The number of hydrogen-bond donors (Lipinski definition) is 2. The minimum Gasteiger partial charge on any atom is -0.375 e. The first-order valence-corrected chi connectivity index (χ1v) is 5.51. The van der Waals surface area contributed by atoms with Crippen LogP contribution in [0, 0.1) is 5.41 Å². The normalized spacial score (nSPS) is 24.3. The lowest BCUT2D eigenvalue weighted by molar-refractivity contribution is 0.317. The molecule has 0 aromatic heterocycles. The topological polar surface area (TPSA) is 50.4 Å². The van der Waals surface area contributed by atoms with Crippen molar-refractivity contribution in [2.24, 2.45) is 16.3 Å². The minimum atomic E-state index is 0.251. The van der Waals surface area contributed by atoms with Crippen LogP contribution in [-0.4, -0.2) is 10.8 Å². The molecular weight excluding hydrogens is 194 g/mol. The zero-order valence-electron chi connectivity index (χ0n) is 8.97. The van der Waals surface area contributed by atoms with Crippen molar-refractivity contribution in [1.29, 1.82) is 0 Å². The van der Waals surface area contributed by atoms with Crippen molar-refractivity contribution in [1.82, 2.24) is 5.43 Å². The molecule has 0 radical (unpaired) electrons. The Morgan fingerprint density at radius 1 is 1.43 bits per heavy atom. The molecule has 0 heterocycles. The van der Waals surface area contributed by atoms with Crippen molar-refractivity contribution < 1.29 is 0 Å². The number of hydrazone groups is 1. The van der Waals surface area contributed by atoms with Crippen molar-refractivity contribution in [3.63, 3.8) is 0 Å². The van der Waals surface area contributed by atoms with Gasteiger partial charge in [-0.2, -0.15) is 5.10 Å². The second-order valence-corrected chi connectivity index (χ2v) is 5.11. The predicted octanol–water partition coefficient (Wildman–Crippen LogP) is 2.17. The van der Waals surface area contributed by atoms with Crippen LogP contribution in [0.2, 0.25) is 0 Å². The Bertz CT molecular complexity index is 246. The second-order valence-electron chi connectivity index (χ2n) is 4.67. The minimum absolute atomic E-state index is 0.251. The molecule has 3 N–H and O–H groups in total. The fourth-order valence-electron chi connectivity index (χ4n) is 1.75. The number of nitrogens with two attached hydrogens (primary N) is 1. The summed E-state index contributed by atoms with van der Waals surface area (Å²) in [5.41, 5.74) is 9.64. The van der Waals surface area contributed by atoms with Crippen LogP contribution in [0.4, 0.5) is 0 Å². The summed E-state index contributed by atoms with van der Waals surface area (Å²) in [6.45, 7) is 4.63. The average Bonchev–Trinajstić information content (AvgIpc) is 2.23. The Morgan fingerprint density at radius 2 is 2.14 bits per heavy atom. The van der Waals surface area contributed by atoms with Gasteiger partial charge in [0.1, 0.15) is 0 Å². The smallest absolute Gasteiger partial charge is 0.184 e. The van der Waals surface area contributed by atoms with Crippen LogP contribution in [-0.2, 0) is 0 Å². The van der Waals surface area contributed by atoms with Gasteiger partial charge < -0.3 is 5.73 Å². The molecule has 3 nitrogen and oxygen atoms in total. The third-order valence-corrected chi connectivity index (χ3v) is 2.82. The van der Waals surface area contributed by atoms with Crippen LogP contribution in [0.15, 0.2) is 5.10 Å². The Kier molecular flexibility index (Phi) is 3.86. The van der Waals surface area contributed by atoms with E-state index in [0.717, 1.165) is 12.8 Å². The van der Waals surface area contributed by atoms with Gasteiger partial charge in [0, 0.05) is 5.71 Å². The van der Waals surface area contributed by atoms with Gasteiger partial charge in [-0.25, -0.2) is 0 Å². The summed E-state index contributed by atoms with van der Waals surface area (Å²) in [7, 11) is 0. The molecule has 1 rings (SSSR count). The third-order valence-electron chi connectivity index (χ3n) is 2.73. The summed E-state index contributed by atoms with van der Waals surface area (Å²) < 4.78 is 0. The fraction of sp³-hybridized carbons (Fsp3) is 0.800. The summed E-state index contributed by atoms with van der Waals surface area (Å²) in [6, 6.07) is 0. The van der Waals surface area contributed by atoms with Crippen molar-refractivity contribution in [2.75, 3.05) is 0 Å². The van der Waals surface area contributed by atoms with Crippen LogP contribution in [0.25, 0.3) is 0 Å². The molecule has 1 aliphatic carbocycles. The highest BCUT2D eigenvalue weighted by atomic mass is 32.1. The SMILES string of the molecule is CC1(C)CCCC(=NNC(N)=S)CC1. The molecule has 0 atom stereocenters. The van der Waals surface area contributed by atoms with E-state index < -0.39 is 0 Å². The lowest BCUT2D eigenvalue weighted by Crippen LogP contribution is -2.25. The molecule has 1 aliphatic rings. The van der Waals surface area contributed by atoms with E-state index in [1.807, 2.05) is 0 Å². The molecule has 0 unspecified atom stereocenters. The van der Waals surface area contributed by atoms with Gasteiger partial charge in [0.05, 0.1) is 0 Å². The highest BCUT2D eigenvalue weighted by Crippen LogP contribution is 2.32. The number of thiocarbonyl (C=S) groups is 1. The lowest BCUT2D eigenvalue weighted by Gasteiger charge is -2.20. The highest BCUT2D eigenvalue weighted by molar-refractivity contribution is 7.80. The van der Waals surface area contributed by atoms with E-state index in [2.05, 4.69) is 24.4 Å². The maximum Gasteiger partial charge on any atom is 0.184 e. The number of nitrogens with one attached hydrogen (secondary N) is 1. The van der Waals surface area contributed by atoms with E-state index >= 15 is 0 Å². The monoisotopic (exact) mass is 213 g/mol. The van der Waals surface area contributed by atoms with Crippen LogP contribution in [0.3, 0.4) is 0 Å². The highest BCUT2D eigenvalue weighted by Gasteiger charge is 2.21. The van der Waals surface area contributed by atoms with Gasteiger partial charge in [0.25, 0.3) is 0 Å². The molecule has 14 heavy (non-hydrogen) atoms. The van der Waals surface area contributed by atoms with Gasteiger partial charge in [-0.15, -0.1) is 0 Å². The zero-order valence-corrected chi connectivity index (χ0v) is 9.78. The first-order valence-electron chi connectivity index (χ1n) is 5.10. The maximum absolute atomic E-state index is 5.32. The molecule has 0 amide bonds. The summed E-state index contributed by atoms with van der Waals surface area (Å²) in [5.74, 6) is 0. The predicted molar refractivity (Wildman–Crippen MR) is 64.2 cm³/mol. The van der Waals surface area contributed by atoms with E-state index in [1.54, 1.807) is 0 Å². The number of hydrogen-bond acceptors (Lipinski definition) is 2. The molecule has 0 spiro atoms. The van der Waals surface area contributed by atoms with Crippen molar-refractivity contribution in [3.05, 3.63) is 0 Å². The molecule has 0 aromatic carbocycles. The first-order chi connectivity index (χ1) is 6.49. The van der Waals surface area contributed by atoms with E-state index in [4.69, 9.17) is 18.0 Å². The summed E-state index contributed by atoms with van der Waals surface area (Å²) in [5, 5.41) is 4.46. The van der Waals surface area contributed by atoms with Gasteiger partial charge in [-0.3, -0.25) is 5.43 Å². The van der Waals surface area contributed by atoms with E-state index in [1.165, 1.54) is 25.0 Å². The third kappa shape index (κ3) is 4.05. The Morgan fingerprint density at radius 3 is 2.79 bits per heavy atom. The Balaban J connectivity index is 2.49. The van der Waals surface area contributed by atoms with Crippen LogP contribution < -0.4 is 11.2 Å². The van der Waals surface area contributed by atoms with Crippen molar-refractivity contribution in [2.45, 2.75) is 46.0 Å². The van der Waals surface area contributed by atoms with Gasteiger partial charge in [0.2, 0.25) is 0 Å². The summed E-state index contributed by atoms with van der Waals surface area (Å²) in [6.07, 6.45) is 5.82. The molecule has 1 saturated carbocycles. The first kappa shape index (κ1) is 11.4. The van der Waals surface area contributed by atoms with Crippen molar-refractivity contribution >= 4 is 23.0 Å². The second kappa shape index (κ2) is 4.73. The number of nitrogens with zero attached hydrogens (tertiary/aromatic N) is 1. The van der Waals surface area contributed by atoms with Gasteiger partial charge in [-0.05, 0) is 49.7 Å². The summed E-state index contributed by atoms with van der Waals surface area (Å²) >= 11 is 4.70. The quantitative estimate of drug-likeness (QED) is 0.399. The largest absolute Gasteiger partial charge is 0.375 e. The molecule has 1 fully saturated rings. The maximum atomic E-state index is 5.32. The zero-order chi connectivity index (χ0) is 10.6. The van der Waals surface area contributed by atoms with Crippen LogP contribution in [0.5, 0.6) is 0 Å². The lowest BCUT2D eigenvalue weighted by atomic mass is 9.85. The Labute approximate surface area is 91.1 Å². The molecule has 80 valence electrons.